The monoisotopic (exact) mass is 206 g/mol. The summed E-state index contributed by atoms with van der Waals surface area (Å²) in [6, 6.07) is 6.26. The van der Waals surface area contributed by atoms with Crippen LogP contribution in [0.5, 0.6) is 0 Å². The van der Waals surface area contributed by atoms with E-state index in [0.29, 0.717) is 0 Å². The van der Waals surface area contributed by atoms with Gasteiger partial charge in [-0.15, -0.1) is 0 Å². The van der Waals surface area contributed by atoms with Crippen LogP contribution in [0.3, 0.4) is 0 Å². The highest BCUT2D eigenvalue weighted by atomic mass is 16.5. The van der Waals surface area contributed by atoms with Crippen molar-refractivity contribution in [1.29, 1.82) is 0 Å². The van der Waals surface area contributed by atoms with E-state index in [1.165, 1.54) is 16.7 Å². The number of ether oxygens (including phenoxy) is 1. The first-order chi connectivity index (χ1) is 7.23. The van der Waals surface area contributed by atoms with Crippen molar-refractivity contribution < 1.29 is 9.84 Å². The van der Waals surface area contributed by atoms with Gasteiger partial charge in [-0.2, -0.15) is 0 Å². The lowest BCUT2D eigenvalue weighted by Crippen LogP contribution is -2.36. The van der Waals surface area contributed by atoms with Crippen LogP contribution in [0.15, 0.2) is 18.2 Å². The normalized spacial score (nSPS) is 25.0. The maximum atomic E-state index is 9.55. The highest BCUT2D eigenvalue weighted by Crippen LogP contribution is 2.38. The van der Waals surface area contributed by atoms with E-state index in [0.717, 1.165) is 19.3 Å². The minimum atomic E-state index is -0.459. The lowest BCUT2D eigenvalue weighted by Gasteiger charge is -2.37. The zero-order chi connectivity index (χ0) is 10.9. The average molecular weight is 206 g/mol. The topological polar surface area (TPSA) is 29.5 Å². The molecular formula is C13H18O2. The van der Waals surface area contributed by atoms with Gasteiger partial charge in [-0.3, -0.25) is 0 Å². The summed E-state index contributed by atoms with van der Waals surface area (Å²) in [6.45, 7) is 2.20. The van der Waals surface area contributed by atoms with Crippen molar-refractivity contribution >= 4 is 0 Å². The van der Waals surface area contributed by atoms with E-state index in [1.807, 2.05) is 6.07 Å². The Morgan fingerprint density at radius 3 is 2.93 bits per heavy atom. The summed E-state index contributed by atoms with van der Waals surface area (Å²) in [7, 11) is 1.69. The van der Waals surface area contributed by atoms with Gasteiger partial charge in [0.15, 0.2) is 0 Å². The molecule has 0 aromatic heterocycles. The molecule has 0 radical (unpaired) electrons. The van der Waals surface area contributed by atoms with Crippen LogP contribution in [-0.4, -0.2) is 18.8 Å². The molecule has 0 bridgehead atoms. The second-order valence-corrected chi connectivity index (χ2v) is 4.31. The molecule has 1 aromatic rings. The Bertz CT molecular complexity index is 354. The van der Waals surface area contributed by atoms with Crippen LogP contribution in [0.25, 0.3) is 0 Å². The number of hydrogen-bond acceptors (Lipinski definition) is 2. The molecule has 0 amide bonds. The van der Waals surface area contributed by atoms with Gasteiger partial charge in [0, 0.05) is 7.11 Å². The molecule has 15 heavy (non-hydrogen) atoms. The zero-order valence-electron chi connectivity index (χ0n) is 9.42. The third kappa shape index (κ3) is 1.58. The fourth-order valence-electron chi connectivity index (χ4n) is 2.59. The van der Waals surface area contributed by atoms with E-state index in [-0.39, 0.29) is 6.61 Å². The summed E-state index contributed by atoms with van der Waals surface area (Å²) in [5.74, 6) is 0. The average Bonchev–Trinajstić information content (AvgIpc) is 2.29. The maximum Gasteiger partial charge on any atom is 0.116 e. The fraction of sp³-hybridized carbons (Fsp3) is 0.538. The minimum absolute atomic E-state index is 0.0694. The summed E-state index contributed by atoms with van der Waals surface area (Å²) in [5.41, 5.74) is 3.39. The number of aliphatic hydroxyl groups is 1. The van der Waals surface area contributed by atoms with Crippen LogP contribution in [0.2, 0.25) is 0 Å². The molecule has 1 aliphatic rings. The molecule has 1 aliphatic carbocycles. The Morgan fingerprint density at radius 2 is 2.27 bits per heavy atom. The van der Waals surface area contributed by atoms with Crippen LogP contribution in [0.4, 0.5) is 0 Å². The summed E-state index contributed by atoms with van der Waals surface area (Å²) in [5, 5.41) is 9.55. The third-order valence-corrected chi connectivity index (χ3v) is 3.55. The molecule has 1 unspecified atom stereocenters. The SMILES string of the molecule is COC1(CO)CCCc2c(C)cccc21. The summed E-state index contributed by atoms with van der Waals surface area (Å²) in [4.78, 5) is 0. The van der Waals surface area contributed by atoms with Gasteiger partial charge in [-0.25, -0.2) is 0 Å². The molecule has 1 N–H and O–H groups in total. The van der Waals surface area contributed by atoms with E-state index < -0.39 is 5.60 Å². The first kappa shape index (κ1) is 10.7. The molecule has 2 nitrogen and oxygen atoms in total. The van der Waals surface area contributed by atoms with Crippen LogP contribution >= 0.6 is 0 Å². The predicted octanol–water partition coefficient (Wildman–Crippen LogP) is 2.17. The number of benzene rings is 1. The second-order valence-electron chi connectivity index (χ2n) is 4.31. The molecule has 0 fully saturated rings. The van der Waals surface area contributed by atoms with Crippen molar-refractivity contribution in [2.45, 2.75) is 31.8 Å². The van der Waals surface area contributed by atoms with Crippen LogP contribution in [-0.2, 0) is 16.8 Å². The van der Waals surface area contributed by atoms with E-state index in [1.54, 1.807) is 7.11 Å². The van der Waals surface area contributed by atoms with Crippen LogP contribution in [0.1, 0.15) is 29.5 Å². The van der Waals surface area contributed by atoms with E-state index >= 15 is 0 Å². The predicted molar refractivity (Wildman–Crippen MR) is 59.9 cm³/mol. The van der Waals surface area contributed by atoms with Crippen molar-refractivity contribution in [3.63, 3.8) is 0 Å². The summed E-state index contributed by atoms with van der Waals surface area (Å²) in [6.07, 6.45) is 3.11. The number of aliphatic hydroxyl groups excluding tert-OH is 1. The first-order valence-electron chi connectivity index (χ1n) is 5.48. The lowest BCUT2D eigenvalue weighted by atomic mass is 9.78. The van der Waals surface area contributed by atoms with Crippen molar-refractivity contribution in [1.82, 2.24) is 0 Å². The van der Waals surface area contributed by atoms with Gasteiger partial charge >= 0.3 is 0 Å². The van der Waals surface area contributed by atoms with Crippen molar-refractivity contribution in [3.05, 3.63) is 34.9 Å². The highest BCUT2D eigenvalue weighted by molar-refractivity contribution is 5.40. The quantitative estimate of drug-likeness (QED) is 0.803. The van der Waals surface area contributed by atoms with Gasteiger partial charge in [0.05, 0.1) is 6.61 Å². The first-order valence-corrected chi connectivity index (χ1v) is 5.48. The van der Waals surface area contributed by atoms with Crippen LogP contribution < -0.4 is 0 Å². The molecule has 1 atom stereocenters. The molecule has 0 heterocycles. The smallest absolute Gasteiger partial charge is 0.116 e. The van der Waals surface area contributed by atoms with Gasteiger partial charge in [-0.05, 0) is 42.9 Å². The molecule has 2 rings (SSSR count). The Labute approximate surface area is 90.9 Å². The summed E-state index contributed by atoms with van der Waals surface area (Å²) < 4.78 is 5.56. The van der Waals surface area contributed by atoms with Gasteiger partial charge in [0.1, 0.15) is 5.60 Å². The number of rotatable bonds is 2. The number of aryl methyl sites for hydroxylation is 1. The molecule has 1 aromatic carbocycles. The molecule has 0 saturated heterocycles. The molecule has 0 saturated carbocycles. The van der Waals surface area contributed by atoms with Crippen molar-refractivity contribution in [2.75, 3.05) is 13.7 Å². The van der Waals surface area contributed by atoms with Gasteiger partial charge < -0.3 is 9.84 Å². The molecule has 0 spiro atoms. The third-order valence-electron chi connectivity index (χ3n) is 3.55. The zero-order valence-corrected chi connectivity index (χ0v) is 9.42. The number of fused-ring (bicyclic) bond motifs is 1. The van der Waals surface area contributed by atoms with E-state index in [4.69, 9.17) is 4.74 Å². The Kier molecular flexibility index (Phi) is 2.81. The molecule has 0 aliphatic heterocycles. The van der Waals surface area contributed by atoms with Crippen molar-refractivity contribution in [3.8, 4) is 0 Å². The Hall–Kier alpha value is -0.860. The number of hydrogen-bond donors (Lipinski definition) is 1. The second kappa shape index (κ2) is 3.95. The van der Waals surface area contributed by atoms with E-state index in [2.05, 4.69) is 19.1 Å². The van der Waals surface area contributed by atoms with Gasteiger partial charge in [0.25, 0.3) is 0 Å². The lowest BCUT2D eigenvalue weighted by molar-refractivity contribution is -0.0689. The molecular weight excluding hydrogens is 188 g/mol. The Balaban J connectivity index is 2.55. The Morgan fingerprint density at radius 1 is 1.47 bits per heavy atom. The van der Waals surface area contributed by atoms with E-state index in [9.17, 15) is 5.11 Å². The molecule has 82 valence electrons. The van der Waals surface area contributed by atoms with Gasteiger partial charge in [0.2, 0.25) is 0 Å². The van der Waals surface area contributed by atoms with Crippen molar-refractivity contribution in [2.24, 2.45) is 0 Å². The molecule has 2 heteroatoms. The minimum Gasteiger partial charge on any atom is -0.393 e. The fourth-order valence-corrected chi connectivity index (χ4v) is 2.59. The summed E-state index contributed by atoms with van der Waals surface area (Å²) >= 11 is 0. The number of methoxy groups -OCH3 is 1. The van der Waals surface area contributed by atoms with Crippen LogP contribution in [0, 0.1) is 6.92 Å². The van der Waals surface area contributed by atoms with Gasteiger partial charge in [-0.1, -0.05) is 18.2 Å². The maximum absolute atomic E-state index is 9.55. The standard InChI is InChI=1S/C13H18O2/c1-10-5-3-7-12-11(10)6-4-8-13(12,9-14)15-2/h3,5,7,14H,4,6,8-9H2,1-2H3. The largest absolute Gasteiger partial charge is 0.393 e. The highest BCUT2D eigenvalue weighted by Gasteiger charge is 2.36.